The highest BCUT2D eigenvalue weighted by atomic mass is 32.2. The van der Waals surface area contributed by atoms with Crippen LogP contribution in [0.4, 0.5) is 5.69 Å². The normalized spacial score (nSPS) is 12.7. The molecule has 1 unspecified atom stereocenters. The molecule has 1 aromatic carbocycles. The molecule has 4 heteroatoms. The Hall–Kier alpha value is -1.03. The van der Waals surface area contributed by atoms with Crippen molar-refractivity contribution in [3.8, 4) is 5.75 Å². The van der Waals surface area contributed by atoms with Crippen LogP contribution in [0, 0.1) is 0 Å². The fraction of sp³-hybridized carbons (Fsp3) is 0.455. The molecule has 0 radical (unpaired) electrons. The number of benzene rings is 1. The first-order chi connectivity index (χ1) is 7.11. The Morgan fingerprint density at radius 3 is 2.67 bits per heavy atom. The zero-order valence-corrected chi connectivity index (χ0v) is 9.92. The molecule has 84 valence electrons. The van der Waals surface area contributed by atoms with Gasteiger partial charge in [0.05, 0.1) is 18.0 Å². The second kappa shape index (κ2) is 5.75. The molecule has 0 aliphatic rings. The molecule has 0 heterocycles. The topological polar surface area (TPSA) is 52.3 Å². The van der Waals surface area contributed by atoms with Gasteiger partial charge in [0, 0.05) is 16.0 Å². The minimum atomic E-state index is -0.818. The second-order valence-corrected chi connectivity index (χ2v) is 5.63. The minimum Gasteiger partial charge on any atom is -0.490 e. The van der Waals surface area contributed by atoms with E-state index in [0.29, 0.717) is 23.8 Å². The van der Waals surface area contributed by atoms with Gasteiger partial charge in [-0.2, -0.15) is 0 Å². The highest BCUT2D eigenvalue weighted by Crippen LogP contribution is 2.19. The van der Waals surface area contributed by atoms with Gasteiger partial charge in [-0.25, -0.2) is 0 Å². The standard InChI is InChI=1S/C11H17NO2S/c1-9(2)15(13)8-7-14-11-6-4-3-5-10(11)12/h3-6,9H,7-8,12H2,1-2H3. The lowest BCUT2D eigenvalue weighted by atomic mass is 10.3. The summed E-state index contributed by atoms with van der Waals surface area (Å²) < 4.78 is 16.9. The van der Waals surface area contributed by atoms with Crippen LogP contribution in [0.5, 0.6) is 5.75 Å². The summed E-state index contributed by atoms with van der Waals surface area (Å²) in [5.74, 6) is 1.21. The third-order valence-electron chi connectivity index (χ3n) is 1.99. The molecule has 15 heavy (non-hydrogen) atoms. The van der Waals surface area contributed by atoms with Crippen molar-refractivity contribution < 1.29 is 8.95 Å². The van der Waals surface area contributed by atoms with Gasteiger partial charge in [0.15, 0.2) is 0 Å². The van der Waals surface area contributed by atoms with Crippen molar-refractivity contribution in [1.29, 1.82) is 0 Å². The molecule has 1 rings (SSSR count). The van der Waals surface area contributed by atoms with Crippen LogP contribution in [0.25, 0.3) is 0 Å². The maximum absolute atomic E-state index is 11.4. The smallest absolute Gasteiger partial charge is 0.142 e. The predicted molar refractivity (Wildman–Crippen MR) is 64.5 cm³/mol. The average Bonchev–Trinajstić information content (AvgIpc) is 2.20. The van der Waals surface area contributed by atoms with Crippen LogP contribution >= 0.6 is 0 Å². The molecule has 0 bridgehead atoms. The van der Waals surface area contributed by atoms with Crippen molar-refractivity contribution in [2.45, 2.75) is 19.1 Å². The molecule has 0 aromatic heterocycles. The Labute approximate surface area is 93.1 Å². The van der Waals surface area contributed by atoms with E-state index in [2.05, 4.69) is 0 Å². The van der Waals surface area contributed by atoms with Crippen molar-refractivity contribution in [3.05, 3.63) is 24.3 Å². The number of para-hydroxylation sites is 2. The van der Waals surface area contributed by atoms with E-state index < -0.39 is 10.8 Å². The Balaban J connectivity index is 2.38. The molecule has 0 fully saturated rings. The zero-order valence-electron chi connectivity index (χ0n) is 9.10. The van der Waals surface area contributed by atoms with Gasteiger partial charge in [0.1, 0.15) is 5.75 Å². The van der Waals surface area contributed by atoms with Gasteiger partial charge in [0.25, 0.3) is 0 Å². The average molecular weight is 227 g/mol. The SMILES string of the molecule is CC(C)S(=O)CCOc1ccccc1N. The second-order valence-electron chi connectivity index (χ2n) is 3.52. The van der Waals surface area contributed by atoms with Gasteiger partial charge in [-0.3, -0.25) is 4.21 Å². The number of anilines is 1. The van der Waals surface area contributed by atoms with Gasteiger partial charge < -0.3 is 10.5 Å². The number of ether oxygens (including phenoxy) is 1. The van der Waals surface area contributed by atoms with E-state index in [4.69, 9.17) is 10.5 Å². The minimum absolute atomic E-state index is 0.182. The zero-order chi connectivity index (χ0) is 11.3. The van der Waals surface area contributed by atoms with Crippen LogP contribution < -0.4 is 10.5 Å². The van der Waals surface area contributed by atoms with Gasteiger partial charge in [-0.1, -0.05) is 26.0 Å². The van der Waals surface area contributed by atoms with E-state index >= 15 is 0 Å². The summed E-state index contributed by atoms with van der Waals surface area (Å²) in [5.41, 5.74) is 6.31. The number of hydrogen-bond donors (Lipinski definition) is 1. The van der Waals surface area contributed by atoms with Gasteiger partial charge in [-0.15, -0.1) is 0 Å². The monoisotopic (exact) mass is 227 g/mol. The summed E-state index contributed by atoms with van der Waals surface area (Å²) in [6.45, 7) is 4.32. The Kier molecular flexibility index (Phi) is 4.62. The fourth-order valence-electron chi connectivity index (χ4n) is 1.08. The molecule has 1 aromatic rings. The summed E-state index contributed by atoms with van der Waals surface area (Å²) in [5, 5.41) is 0.182. The first-order valence-corrected chi connectivity index (χ1v) is 6.34. The lowest BCUT2D eigenvalue weighted by Crippen LogP contribution is -2.15. The van der Waals surface area contributed by atoms with E-state index in [-0.39, 0.29) is 5.25 Å². The highest BCUT2D eigenvalue weighted by Gasteiger charge is 2.05. The Morgan fingerprint density at radius 2 is 2.07 bits per heavy atom. The molecule has 2 N–H and O–H groups in total. The van der Waals surface area contributed by atoms with Crippen molar-refractivity contribution in [3.63, 3.8) is 0 Å². The molecule has 1 atom stereocenters. The summed E-state index contributed by atoms with van der Waals surface area (Å²) >= 11 is 0. The lowest BCUT2D eigenvalue weighted by Gasteiger charge is -2.09. The van der Waals surface area contributed by atoms with Crippen molar-refractivity contribution >= 4 is 16.5 Å². The highest BCUT2D eigenvalue weighted by molar-refractivity contribution is 7.85. The molecule has 0 aliphatic heterocycles. The van der Waals surface area contributed by atoms with Crippen LogP contribution in [0.15, 0.2) is 24.3 Å². The number of rotatable bonds is 5. The molecule has 3 nitrogen and oxygen atoms in total. The summed E-state index contributed by atoms with van der Waals surface area (Å²) in [6, 6.07) is 7.32. The van der Waals surface area contributed by atoms with E-state index in [1.54, 1.807) is 6.07 Å². The van der Waals surface area contributed by atoms with E-state index in [0.717, 1.165) is 0 Å². The van der Waals surface area contributed by atoms with Gasteiger partial charge in [0.2, 0.25) is 0 Å². The predicted octanol–water partition coefficient (Wildman–Crippen LogP) is 1.80. The Morgan fingerprint density at radius 1 is 1.40 bits per heavy atom. The van der Waals surface area contributed by atoms with E-state index in [9.17, 15) is 4.21 Å². The quantitative estimate of drug-likeness (QED) is 0.780. The third kappa shape index (κ3) is 3.91. The van der Waals surface area contributed by atoms with E-state index in [1.165, 1.54) is 0 Å². The van der Waals surface area contributed by atoms with Crippen molar-refractivity contribution in [2.24, 2.45) is 0 Å². The third-order valence-corrected chi connectivity index (χ3v) is 3.61. The summed E-state index contributed by atoms with van der Waals surface area (Å²) in [4.78, 5) is 0. The van der Waals surface area contributed by atoms with Crippen LogP contribution in [0.2, 0.25) is 0 Å². The lowest BCUT2D eigenvalue weighted by molar-refractivity contribution is 0.344. The Bertz CT molecular complexity index is 339. The maximum atomic E-state index is 11.4. The maximum Gasteiger partial charge on any atom is 0.142 e. The molecule has 0 spiro atoms. The van der Waals surface area contributed by atoms with Crippen LogP contribution in [-0.4, -0.2) is 21.8 Å². The molecule has 0 saturated heterocycles. The number of nitrogens with two attached hydrogens (primary N) is 1. The van der Waals surface area contributed by atoms with Crippen LogP contribution in [0.1, 0.15) is 13.8 Å². The van der Waals surface area contributed by atoms with Gasteiger partial charge >= 0.3 is 0 Å². The number of nitrogen functional groups attached to an aromatic ring is 1. The summed E-state index contributed by atoms with van der Waals surface area (Å²) in [7, 11) is -0.818. The fourth-order valence-corrected chi connectivity index (χ4v) is 1.80. The first kappa shape index (κ1) is 12.0. The molecular weight excluding hydrogens is 210 g/mol. The van der Waals surface area contributed by atoms with Crippen LogP contribution in [-0.2, 0) is 10.8 Å². The number of hydrogen-bond acceptors (Lipinski definition) is 3. The molecule has 0 saturated carbocycles. The van der Waals surface area contributed by atoms with Crippen molar-refractivity contribution in [2.75, 3.05) is 18.1 Å². The molecule has 0 aliphatic carbocycles. The van der Waals surface area contributed by atoms with Gasteiger partial charge in [-0.05, 0) is 12.1 Å². The van der Waals surface area contributed by atoms with Crippen LogP contribution in [0.3, 0.4) is 0 Å². The first-order valence-electron chi connectivity index (χ1n) is 4.95. The largest absolute Gasteiger partial charge is 0.490 e. The molecular formula is C11H17NO2S. The molecule has 0 amide bonds. The van der Waals surface area contributed by atoms with Crippen molar-refractivity contribution in [1.82, 2.24) is 0 Å². The van der Waals surface area contributed by atoms with E-state index in [1.807, 2.05) is 32.0 Å². The summed E-state index contributed by atoms with van der Waals surface area (Å²) in [6.07, 6.45) is 0.